The molecule has 79 heavy (non-hydrogen) atoms. The quantitative estimate of drug-likeness (QED) is 0.0189. The summed E-state index contributed by atoms with van der Waals surface area (Å²) in [5.74, 6) is -4.59. The van der Waals surface area contributed by atoms with E-state index in [1.807, 2.05) is 0 Å². The Bertz CT molecular complexity index is 3080. The number of anilines is 3. The number of nitrogens with two attached hydrogens (primary N) is 3. The van der Waals surface area contributed by atoms with E-state index in [4.69, 9.17) is 55.1 Å². The Morgan fingerprint density at radius 1 is 0.430 bits per heavy atom. The summed E-state index contributed by atoms with van der Waals surface area (Å²) >= 11 is 0. The Hall–Kier alpha value is -8.08. The molecule has 0 spiro atoms. The van der Waals surface area contributed by atoms with E-state index in [0.29, 0.717) is 0 Å². The normalized spacial score (nSPS) is 28.7. The first-order chi connectivity index (χ1) is 38.0. The number of phenols is 3. The first-order valence-corrected chi connectivity index (χ1v) is 24.8. The first kappa shape index (κ1) is 55.7. The Kier molecular flexibility index (Phi) is 17.1. The average molecular weight is 1100 g/mol. The molecule has 0 saturated carbocycles. The number of pyridine rings is 3. The molecule has 6 unspecified atom stereocenters. The summed E-state index contributed by atoms with van der Waals surface area (Å²) in [4.78, 5) is 40.5. The molecular formula is C54H59N6O19+3. The minimum absolute atomic E-state index is 0.103. The number of hydrogen-bond donors (Lipinski definition) is 11. The molecule has 3 aliphatic heterocycles. The Labute approximate surface area is 449 Å². The SMILES string of the molecule is Nc1ccc(O)c(C(=O)OCC2O[C@@H](O[C@H]3C(COC(=O)c4cc(N)ccc4O)O[C@@H](O[C@H]4C(COC(=O)c5cc(N)ccc5O)O[C@@H](O)C([n+]5ccccc5)[C@@H]4O)C([n+]4ccccc4)[C@@H]3O)C([n+]3ccccc3)[C@H](O)[C@@H]2O)c1. The van der Waals surface area contributed by atoms with Gasteiger partial charge in [-0.25, -0.2) is 14.4 Å². The molecule has 6 aromatic rings. The molecule has 0 radical (unpaired) electrons. The number of ether oxygens (including phenoxy) is 8. The molecule has 0 bridgehead atoms. The number of aromatic hydroxyl groups is 3. The second-order valence-electron chi connectivity index (χ2n) is 18.9. The van der Waals surface area contributed by atoms with Crippen molar-refractivity contribution in [3.8, 4) is 17.2 Å². The van der Waals surface area contributed by atoms with Gasteiger partial charge in [0.2, 0.25) is 37.0 Å². The van der Waals surface area contributed by atoms with Gasteiger partial charge >= 0.3 is 17.9 Å². The first-order valence-electron chi connectivity index (χ1n) is 24.8. The van der Waals surface area contributed by atoms with Crippen LogP contribution in [0, 0.1) is 0 Å². The van der Waals surface area contributed by atoms with E-state index in [9.17, 15) is 55.2 Å². The molecule has 9 rings (SSSR count). The highest BCUT2D eigenvalue weighted by Crippen LogP contribution is 2.38. The molecule has 15 atom stereocenters. The van der Waals surface area contributed by atoms with E-state index >= 15 is 0 Å². The van der Waals surface area contributed by atoms with Gasteiger partial charge in [-0.1, -0.05) is 18.2 Å². The third-order valence-corrected chi connectivity index (χ3v) is 13.7. The van der Waals surface area contributed by atoms with Gasteiger partial charge in [-0.3, -0.25) is 0 Å². The molecule has 3 aromatic carbocycles. The van der Waals surface area contributed by atoms with Crippen molar-refractivity contribution in [1.29, 1.82) is 0 Å². The lowest BCUT2D eigenvalue weighted by Gasteiger charge is -2.47. The second-order valence-corrected chi connectivity index (χ2v) is 18.9. The van der Waals surface area contributed by atoms with Crippen molar-refractivity contribution in [2.75, 3.05) is 37.0 Å². The maximum atomic E-state index is 13.8. The third-order valence-electron chi connectivity index (χ3n) is 13.7. The molecule has 3 saturated heterocycles. The molecule has 416 valence electrons. The summed E-state index contributed by atoms with van der Waals surface area (Å²) in [7, 11) is 0. The highest BCUT2D eigenvalue weighted by molar-refractivity contribution is 5.94. The number of aromatic nitrogens is 3. The Morgan fingerprint density at radius 2 is 0.759 bits per heavy atom. The molecule has 0 aliphatic carbocycles. The zero-order chi connectivity index (χ0) is 56.1. The van der Waals surface area contributed by atoms with Crippen LogP contribution in [0.2, 0.25) is 0 Å². The summed E-state index contributed by atoms with van der Waals surface area (Å²) in [6.45, 7) is -2.22. The summed E-state index contributed by atoms with van der Waals surface area (Å²) in [6.07, 6.45) is -10.9. The van der Waals surface area contributed by atoms with Gasteiger partial charge in [-0.05, 0) is 54.6 Å². The molecule has 3 fully saturated rings. The average Bonchev–Trinajstić information content (AvgIpc) is 3.61. The smallest absolute Gasteiger partial charge is 0.342 e. The largest absolute Gasteiger partial charge is 0.507 e. The predicted octanol–water partition coefficient (Wildman–Crippen LogP) is -0.612. The molecule has 6 heterocycles. The lowest BCUT2D eigenvalue weighted by atomic mass is 9.93. The Morgan fingerprint density at radius 3 is 1.16 bits per heavy atom. The zero-order valence-corrected chi connectivity index (χ0v) is 41.8. The summed E-state index contributed by atoms with van der Waals surface area (Å²) < 4.78 is 53.8. The fraction of sp³-hybridized carbons (Fsp3) is 0.333. The van der Waals surface area contributed by atoms with Gasteiger partial charge in [0.15, 0.2) is 37.2 Å². The lowest BCUT2D eigenvalue weighted by molar-refractivity contribution is -0.761. The number of benzene rings is 3. The summed E-state index contributed by atoms with van der Waals surface area (Å²) in [6, 6.07) is 22.0. The van der Waals surface area contributed by atoms with Crippen LogP contribution >= 0.6 is 0 Å². The maximum absolute atomic E-state index is 13.8. The van der Waals surface area contributed by atoms with Gasteiger partial charge in [0.1, 0.15) is 109 Å². The van der Waals surface area contributed by atoms with E-state index in [-0.39, 0.29) is 33.8 Å². The van der Waals surface area contributed by atoms with Gasteiger partial charge in [0.25, 0.3) is 0 Å². The van der Waals surface area contributed by atoms with Crippen LogP contribution in [0.3, 0.4) is 0 Å². The fourth-order valence-corrected chi connectivity index (χ4v) is 9.67. The van der Waals surface area contributed by atoms with E-state index in [0.717, 1.165) is 0 Å². The number of carbonyl (C=O) groups excluding carboxylic acids is 3. The van der Waals surface area contributed by atoms with Gasteiger partial charge in [-0.2, -0.15) is 13.7 Å². The number of hydrogen-bond acceptors (Lipinski definition) is 22. The van der Waals surface area contributed by atoms with Crippen molar-refractivity contribution in [3.05, 3.63) is 163 Å². The summed E-state index contributed by atoms with van der Waals surface area (Å²) in [5, 5.41) is 91.9. The summed E-state index contributed by atoms with van der Waals surface area (Å²) in [5.41, 5.74) is 17.1. The van der Waals surface area contributed by atoms with Gasteiger partial charge < -0.3 is 95.9 Å². The molecule has 0 amide bonds. The topological polar surface area (TPSA) is 377 Å². The number of nitrogen functional groups attached to an aromatic ring is 3. The third kappa shape index (κ3) is 12.3. The fourth-order valence-electron chi connectivity index (χ4n) is 9.67. The molecule has 25 nitrogen and oxygen atoms in total. The minimum atomic E-state index is -1.83. The standard InChI is InChI=1S/C54H56N6O19/c55-28-10-13-34(61)31(22-28)49(68)72-25-37-43(64)44(65)41(59-18-6-2-7-19-59)53(76-37)79-48-39(27-74-51(70)33-24-30(57)12-15-36(33)63)77-54(42(46(48)67)60-20-8-3-9-21-60)78-47-38(26-73-50(69)32-23-29(56)11-14-35(32)62)75-52(71)40(45(47)66)58-16-4-1-5-17-58/h1-24,37-48,52-54,64-67,71H,25-27,55-57H2/p+3/t37?,38?,39?,40?,41?,42?,43-,44+,45+,46+,47+,48+,52-,53+,54+/m1/s1. The molecule has 14 N–H and O–H groups in total. The van der Waals surface area contributed by atoms with Gasteiger partial charge in [0.05, 0.1) is 0 Å². The van der Waals surface area contributed by atoms with Crippen LogP contribution in [-0.2, 0) is 37.9 Å². The van der Waals surface area contributed by atoms with Crippen LogP contribution in [-0.4, -0.2) is 152 Å². The van der Waals surface area contributed by atoms with Crippen molar-refractivity contribution in [1.82, 2.24) is 0 Å². The molecule has 3 aromatic heterocycles. The van der Waals surface area contributed by atoms with Crippen LogP contribution in [0.25, 0.3) is 0 Å². The molecule has 25 heteroatoms. The van der Waals surface area contributed by atoms with Crippen LogP contribution in [0.4, 0.5) is 17.1 Å². The van der Waals surface area contributed by atoms with Crippen molar-refractivity contribution in [2.24, 2.45) is 0 Å². The lowest BCUT2D eigenvalue weighted by Crippen LogP contribution is -2.70. The highest BCUT2D eigenvalue weighted by Gasteiger charge is 2.60. The second kappa shape index (κ2) is 24.3. The van der Waals surface area contributed by atoms with Crippen molar-refractivity contribution >= 4 is 35.0 Å². The van der Waals surface area contributed by atoms with Crippen molar-refractivity contribution < 1.29 is 107 Å². The van der Waals surface area contributed by atoms with Crippen LogP contribution < -0.4 is 30.9 Å². The molecule has 3 aliphatic rings. The van der Waals surface area contributed by atoms with Gasteiger partial charge in [0, 0.05) is 53.5 Å². The zero-order valence-electron chi connectivity index (χ0n) is 41.8. The van der Waals surface area contributed by atoms with E-state index in [1.54, 1.807) is 91.8 Å². The number of carbonyl (C=O) groups is 3. The Balaban J connectivity index is 1.08. The maximum Gasteiger partial charge on any atom is 0.342 e. The monoisotopic (exact) mass is 1100 g/mol. The van der Waals surface area contributed by atoms with Crippen LogP contribution in [0.1, 0.15) is 49.2 Å². The highest BCUT2D eigenvalue weighted by atomic mass is 16.7. The number of nitrogens with zero attached hydrogens (tertiary/aromatic N) is 3. The van der Waals surface area contributed by atoms with Crippen LogP contribution in [0.5, 0.6) is 17.2 Å². The van der Waals surface area contributed by atoms with Gasteiger partial charge in [-0.15, -0.1) is 0 Å². The number of rotatable bonds is 16. The van der Waals surface area contributed by atoms with Crippen molar-refractivity contribution in [3.63, 3.8) is 0 Å². The predicted molar refractivity (Wildman–Crippen MR) is 267 cm³/mol. The number of aliphatic hydroxyl groups is 5. The minimum Gasteiger partial charge on any atom is -0.507 e. The van der Waals surface area contributed by atoms with Crippen LogP contribution in [0.15, 0.2) is 146 Å². The number of aliphatic hydroxyl groups excluding tert-OH is 5. The molecular weight excluding hydrogens is 1040 g/mol. The van der Waals surface area contributed by atoms with E-state index in [1.165, 1.54) is 68.3 Å². The van der Waals surface area contributed by atoms with E-state index < -0.39 is 147 Å². The van der Waals surface area contributed by atoms with Crippen molar-refractivity contribution in [2.45, 2.75) is 91.9 Å². The number of phenolic OH excluding ortho intramolecular Hbond substituents is 3. The van der Waals surface area contributed by atoms with E-state index in [2.05, 4.69) is 0 Å². The number of esters is 3.